The van der Waals surface area contributed by atoms with Gasteiger partial charge in [0.15, 0.2) is 0 Å². The van der Waals surface area contributed by atoms with Crippen LogP contribution in [0.15, 0.2) is 18.2 Å². The van der Waals surface area contributed by atoms with Gasteiger partial charge in [0.2, 0.25) is 11.8 Å². The summed E-state index contributed by atoms with van der Waals surface area (Å²) in [7, 11) is 1.46. The highest BCUT2D eigenvalue weighted by Crippen LogP contribution is 2.27. The van der Waals surface area contributed by atoms with E-state index in [1.165, 1.54) is 30.2 Å². The highest BCUT2D eigenvalue weighted by molar-refractivity contribution is 6.06. The van der Waals surface area contributed by atoms with Crippen molar-refractivity contribution in [1.82, 2.24) is 5.32 Å². The molecule has 1 aromatic rings. The van der Waals surface area contributed by atoms with Crippen molar-refractivity contribution >= 4 is 17.5 Å². The first-order valence-electron chi connectivity index (χ1n) is 6.86. The fourth-order valence-corrected chi connectivity index (χ4v) is 2.37. The van der Waals surface area contributed by atoms with Crippen LogP contribution < -0.4 is 15.0 Å². The van der Waals surface area contributed by atoms with E-state index in [4.69, 9.17) is 4.74 Å². The van der Waals surface area contributed by atoms with Crippen LogP contribution in [0.1, 0.15) is 20.3 Å². The average molecular weight is 294 g/mol. The number of nitrogens with zero attached hydrogens (tertiary/aromatic N) is 1. The summed E-state index contributed by atoms with van der Waals surface area (Å²) in [6.45, 7) is 3.74. The first-order chi connectivity index (χ1) is 9.92. The maximum Gasteiger partial charge on any atom is 0.250 e. The van der Waals surface area contributed by atoms with E-state index in [9.17, 15) is 14.0 Å². The monoisotopic (exact) mass is 294 g/mol. The molecule has 1 aliphatic rings. The van der Waals surface area contributed by atoms with E-state index in [0.29, 0.717) is 12.2 Å². The number of anilines is 1. The van der Waals surface area contributed by atoms with Crippen LogP contribution in [-0.4, -0.2) is 31.5 Å². The maximum atomic E-state index is 14.0. The average Bonchev–Trinajstić information content (AvgIpc) is 2.42. The van der Waals surface area contributed by atoms with Gasteiger partial charge in [0.1, 0.15) is 24.2 Å². The molecule has 5 nitrogen and oxygen atoms in total. The lowest BCUT2D eigenvalue weighted by Crippen LogP contribution is -2.58. The van der Waals surface area contributed by atoms with Gasteiger partial charge in [-0.05, 0) is 24.5 Å². The fraction of sp³-hybridized carbons (Fsp3) is 0.467. The van der Waals surface area contributed by atoms with E-state index in [1.54, 1.807) is 0 Å². The number of carbonyl (C=O) groups is 2. The van der Waals surface area contributed by atoms with Crippen LogP contribution in [0.2, 0.25) is 0 Å². The minimum Gasteiger partial charge on any atom is -0.497 e. The number of ether oxygens (including phenoxy) is 1. The summed E-state index contributed by atoms with van der Waals surface area (Å²) >= 11 is 0. The molecule has 0 radical (unpaired) electrons. The number of carbonyl (C=O) groups excluding carboxylic acids is 2. The number of hydrogen-bond acceptors (Lipinski definition) is 3. The molecule has 6 heteroatoms. The lowest BCUT2D eigenvalue weighted by molar-refractivity contribution is -0.131. The summed E-state index contributed by atoms with van der Waals surface area (Å²) in [5, 5.41) is 2.66. The molecule has 21 heavy (non-hydrogen) atoms. The summed E-state index contributed by atoms with van der Waals surface area (Å²) in [6, 6.07) is 3.51. The van der Waals surface area contributed by atoms with Crippen molar-refractivity contribution in [3.05, 3.63) is 24.0 Å². The largest absolute Gasteiger partial charge is 0.497 e. The quantitative estimate of drug-likeness (QED) is 0.919. The topological polar surface area (TPSA) is 58.6 Å². The predicted molar refractivity (Wildman–Crippen MR) is 76.7 cm³/mol. The van der Waals surface area contributed by atoms with Gasteiger partial charge in [-0.25, -0.2) is 4.39 Å². The molecule has 0 saturated carbocycles. The minimum absolute atomic E-state index is 0.0722. The second kappa shape index (κ2) is 6.11. The Hall–Kier alpha value is -2.11. The van der Waals surface area contributed by atoms with Crippen LogP contribution in [0.4, 0.5) is 10.1 Å². The number of benzene rings is 1. The first-order valence-corrected chi connectivity index (χ1v) is 6.86. The van der Waals surface area contributed by atoms with Crippen LogP contribution in [0, 0.1) is 11.7 Å². The second-order valence-electron chi connectivity index (χ2n) is 5.49. The van der Waals surface area contributed by atoms with Crippen LogP contribution >= 0.6 is 0 Å². The van der Waals surface area contributed by atoms with Crippen molar-refractivity contribution in [3.63, 3.8) is 0 Å². The molecule has 114 valence electrons. The van der Waals surface area contributed by atoms with E-state index in [-0.39, 0.29) is 30.0 Å². The number of hydrogen-bond donors (Lipinski definition) is 1. The molecule has 1 N–H and O–H groups in total. The predicted octanol–water partition coefficient (Wildman–Crippen LogP) is 1.71. The van der Waals surface area contributed by atoms with Gasteiger partial charge in [0, 0.05) is 6.07 Å². The van der Waals surface area contributed by atoms with Crippen molar-refractivity contribution < 1.29 is 18.7 Å². The van der Waals surface area contributed by atoms with Crippen molar-refractivity contribution in [3.8, 4) is 5.75 Å². The van der Waals surface area contributed by atoms with Crippen LogP contribution in [-0.2, 0) is 9.59 Å². The third-order valence-corrected chi connectivity index (χ3v) is 3.35. The molecule has 2 amide bonds. The van der Waals surface area contributed by atoms with Crippen molar-refractivity contribution in [2.24, 2.45) is 5.92 Å². The standard InChI is InChI=1S/C15H19FN2O3/c1-9(2)6-12-15(20)18(8-14(19)17-12)13-7-10(21-3)4-5-11(13)16/h4-5,7,9,12H,6,8H2,1-3H3,(H,17,19). The summed E-state index contributed by atoms with van der Waals surface area (Å²) in [5.74, 6) is -0.458. The zero-order valence-electron chi connectivity index (χ0n) is 12.4. The number of halogens is 1. The van der Waals surface area contributed by atoms with Gasteiger partial charge >= 0.3 is 0 Å². The Morgan fingerprint density at radius 1 is 1.43 bits per heavy atom. The normalized spacial score (nSPS) is 18.9. The molecular formula is C15H19FN2O3. The third kappa shape index (κ3) is 3.32. The zero-order valence-corrected chi connectivity index (χ0v) is 12.4. The first kappa shape index (κ1) is 15.3. The molecule has 0 spiro atoms. The van der Waals surface area contributed by atoms with Crippen molar-refractivity contribution in [1.29, 1.82) is 0 Å². The number of piperazine rings is 1. The second-order valence-corrected chi connectivity index (χ2v) is 5.49. The van der Waals surface area contributed by atoms with E-state index in [1.807, 2.05) is 13.8 Å². The van der Waals surface area contributed by atoms with Gasteiger partial charge in [0.25, 0.3) is 0 Å². The summed E-state index contributed by atoms with van der Waals surface area (Å²) in [6.07, 6.45) is 0.520. The Bertz CT molecular complexity index is 560. The van der Waals surface area contributed by atoms with Crippen LogP contribution in [0.25, 0.3) is 0 Å². The molecule has 1 fully saturated rings. The molecule has 1 heterocycles. The Morgan fingerprint density at radius 2 is 2.14 bits per heavy atom. The molecule has 0 bridgehead atoms. The molecule has 2 rings (SSSR count). The van der Waals surface area contributed by atoms with Gasteiger partial charge in [-0.1, -0.05) is 13.8 Å². The van der Waals surface area contributed by atoms with Gasteiger partial charge in [-0.3, -0.25) is 14.5 Å². The van der Waals surface area contributed by atoms with Gasteiger partial charge < -0.3 is 10.1 Å². The minimum atomic E-state index is -0.614. The van der Waals surface area contributed by atoms with Crippen LogP contribution in [0.3, 0.4) is 0 Å². The van der Waals surface area contributed by atoms with Gasteiger partial charge in [-0.2, -0.15) is 0 Å². The number of nitrogens with one attached hydrogen (secondary N) is 1. The van der Waals surface area contributed by atoms with E-state index < -0.39 is 11.9 Å². The molecule has 1 saturated heterocycles. The molecule has 1 atom stereocenters. The lowest BCUT2D eigenvalue weighted by Gasteiger charge is -2.33. The zero-order chi connectivity index (χ0) is 15.6. The van der Waals surface area contributed by atoms with Crippen molar-refractivity contribution in [2.75, 3.05) is 18.6 Å². The fourth-order valence-electron chi connectivity index (χ4n) is 2.37. The lowest BCUT2D eigenvalue weighted by atomic mass is 10.0. The third-order valence-electron chi connectivity index (χ3n) is 3.35. The summed E-state index contributed by atoms with van der Waals surface area (Å²) in [4.78, 5) is 25.4. The Balaban J connectivity index is 2.33. The maximum absolute atomic E-state index is 14.0. The van der Waals surface area contributed by atoms with E-state index in [0.717, 1.165) is 0 Å². The molecule has 1 aliphatic heterocycles. The molecular weight excluding hydrogens is 275 g/mol. The summed E-state index contributed by atoms with van der Waals surface area (Å²) < 4.78 is 19.0. The van der Waals surface area contributed by atoms with E-state index in [2.05, 4.69) is 5.32 Å². The molecule has 0 aromatic heterocycles. The number of rotatable bonds is 4. The molecule has 1 unspecified atom stereocenters. The molecule has 1 aromatic carbocycles. The van der Waals surface area contributed by atoms with Crippen molar-refractivity contribution in [2.45, 2.75) is 26.3 Å². The van der Waals surface area contributed by atoms with Gasteiger partial charge in [-0.15, -0.1) is 0 Å². The number of methoxy groups -OCH3 is 1. The SMILES string of the molecule is COc1ccc(F)c(N2CC(=O)NC(CC(C)C)C2=O)c1. The smallest absolute Gasteiger partial charge is 0.250 e. The van der Waals surface area contributed by atoms with Crippen LogP contribution in [0.5, 0.6) is 5.75 Å². The summed E-state index contributed by atoms with van der Waals surface area (Å²) in [5.41, 5.74) is 0.0722. The Labute approximate surface area is 123 Å². The number of amides is 2. The highest BCUT2D eigenvalue weighted by Gasteiger charge is 2.35. The molecule has 0 aliphatic carbocycles. The Morgan fingerprint density at radius 3 is 2.76 bits per heavy atom. The Kier molecular flexibility index (Phi) is 4.45. The van der Waals surface area contributed by atoms with E-state index >= 15 is 0 Å². The highest BCUT2D eigenvalue weighted by atomic mass is 19.1. The van der Waals surface area contributed by atoms with Gasteiger partial charge in [0.05, 0.1) is 12.8 Å².